The van der Waals surface area contributed by atoms with E-state index in [9.17, 15) is 14.0 Å². The van der Waals surface area contributed by atoms with Crippen LogP contribution in [0.1, 0.15) is 47.3 Å². The predicted octanol–water partition coefficient (Wildman–Crippen LogP) is 2.89. The Kier molecular flexibility index (Phi) is 5.01. The number of halogens is 1. The average molecular weight is 392 g/mol. The molecule has 1 aromatic carbocycles. The van der Waals surface area contributed by atoms with E-state index < -0.39 is 17.3 Å². The SMILES string of the molecule is N#Cc1ccc(C(=O)N2CCCC23CCCN(Cc2ccccn2)C3=O)c(F)c1. The van der Waals surface area contributed by atoms with E-state index in [1.807, 2.05) is 24.3 Å². The van der Waals surface area contributed by atoms with E-state index in [0.717, 1.165) is 18.2 Å². The molecular formula is C22H21FN4O2. The van der Waals surface area contributed by atoms with Crippen LogP contribution in [-0.4, -0.2) is 45.2 Å². The fraction of sp³-hybridized carbons (Fsp3) is 0.364. The molecule has 1 unspecified atom stereocenters. The van der Waals surface area contributed by atoms with Crippen molar-refractivity contribution in [1.29, 1.82) is 5.26 Å². The highest BCUT2D eigenvalue weighted by Gasteiger charge is 2.53. The van der Waals surface area contributed by atoms with Crippen LogP contribution in [-0.2, 0) is 11.3 Å². The minimum atomic E-state index is -0.926. The molecule has 1 aromatic heterocycles. The van der Waals surface area contributed by atoms with Crippen molar-refractivity contribution in [2.75, 3.05) is 13.1 Å². The second-order valence-electron chi connectivity index (χ2n) is 7.55. The Balaban J connectivity index is 1.61. The third-order valence-corrected chi connectivity index (χ3v) is 5.85. The molecule has 148 valence electrons. The van der Waals surface area contributed by atoms with Gasteiger partial charge in [-0.15, -0.1) is 0 Å². The summed E-state index contributed by atoms with van der Waals surface area (Å²) >= 11 is 0. The van der Waals surface area contributed by atoms with Gasteiger partial charge in [-0.1, -0.05) is 6.07 Å². The highest BCUT2D eigenvalue weighted by Crippen LogP contribution is 2.39. The standard InChI is InChI=1S/C22H21FN4O2/c23-19-13-16(14-24)6-7-18(19)20(28)27-12-4-9-22(27)8-3-11-26(21(22)29)15-17-5-1-2-10-25-17/h1-2,5-7,10,13H,3-4,8-9,11-12,15H2. The number of carbonyl (C=O) groups is 2. The average Bonchev–Trinajstić information content (AvgIpc) is 3.16. The summed E-state index contributed by atoms with van der Waals surface area (Å²) in [5, 5.41) is 8.92. The number of pyridine rings is 1. The Labute approximate surface area is 168 Å². The number of rotatable bonds is 3. The van der Waals surface area contributed by atoms with Gasteiger partial charge in [0.05, 0.1) is 29.4 Å². The van der Waals surface area contributed by atoms with E-state index in [4.69, 9.17) is 5.26 Å². The Bertz CT molecular complexity index is 988. The van der Waals surface area contributed by atoms with Gasteiger partial charge in [0.25, 0.3) is 5.91 Å². The topological polar surface area (TPSA) is 77.3 Å². The molecule has 2 aliphatic heterocycles. The molecule has 2 saturated heterocycles. The largest absolute Gasteiger partial charge is 0.335 e. The lowest BCUT2D eigenvalue weighted by Crippen LogP contribution is -2.61. The first-order valence-electron chi connectivity index (χ1n) is 9.76. The maximum atomic E-state index is 14.5. The molecule has 0 aliphatic carbocycles. The summed E-state index contributed by atoms with van der Waals surface area (Å²) in [6.45, 7) is 1.43. The lowest BCUT2D eigenvalue weighted by atomic mass is 9.85. The van der Waals surface area contributed by atoms with Gasteiger partial charge in [-0.05, 0) is 56.0 Å². The van der Waals surface area contributed by atoms with Gasteiger partial charge in [0.2, 0.25) is 5.91 Å². The maximum Gasteiger partial charge on any atom is 0.257 e. The second kappa shape index (κ2) is 7.63. The smallest absolute Gasteiger partial charge is 0.257 e. The summed E-state index contributed by atoms with van der Waals surface area (Å²) in [5.41, 5.74) is -0.0675. The van der Waals surface area contributed by atoms with Crippen molar-refractivity contribution in [3.8, 4) is 6.07 Å². The van der Waals surface area contributed by atoms with Crippen LogP contribution in [0, 0.1) is 17.1 Å². The lowest BCUT2D eigenvalue weighted by Gasteiger charge is -2.44. The molecule has 1 spiro atoms. The molecule has 3 heterocycles. The van der Waals surface area contributed by atoms with Crippen LogP contribution < -0.4 is 0 Å². The first-order chi connectivity index (χ1) is 14.0. The van der Waals surface area contributed by atoms with Gasteiger partial charge >= 0.3 is 0 Å². The zero-order valence-electron chi connectivity index (χ0n) is 16.0. The molecular weight excluding hydrogens is 371 g/mol. The van der Waals surface area contributed by atoms with E-state index in [1.54, 1.807) is 16.0 Å². The molecule has 0 bridgehead atoms. The van der Waals surface area contributed by atoms with Crippen molar-refractivity contribution in [2.45, 2.75) is 37.8 Å². The van der Waals surface area contributed by atoms with Crippen LogP contribution in [0.5, 0.6) is 0 Å². The fourth-order valence-electron chi connectivity index (χ4n) is 4.46. The molecule has 29 heavy (non-hydrogen) atoms. The normalized spacial score (nSPS) is 21.4. The number of aromatic nitrogens is 1. The van der Waals surface area contributed by atoms with Crippen LogP contribution in [0.15, 0.2) is 42.6 Å². The van der Waals surface area contributed by atoms with Crippen molar-refractivity contribution in [3.05, 3.63) is 65.2 Å². The third-order valence-electron chi connectivity index (χ3n) is 5.85. The van der Waals surface area contributed by atoms with E-state index >= 15 is 0 Å². The van der Waals surface area contributed by atoms with Crippen LogP contribution in [0.4, 0.5) is 4.39 Å². The quantitative estimate of drug-likeness (QED) is 0.805. The maximum absolute atomic E-state index is 14.5. The number of nitrogens with zero attached hydrogens (tertiary/aromatic N) is 4. The van der Waals surface area contributed by atoms with Gasteiger partial charge < -0.3 is 9.80 Å². The molecule has 0 saturated carbocycles. The highest BCUT2D eigenvalue weighted by molar-refractivity contribution is 6.00. The summed E-state index contributed by atoms with van der Waals surface area (Å²) in [5.74, 6) is -1.31. The van der Waals surface area contributed by atoms with E-state index in [-0.39, 0.29) is 17.0 Å². The van der Waals surface area contributed by atoms with Gasteiger partial charge in [-0.2, -0.15) is 5.26 Å². The van der Waals surface area contributed by atoms with Gasteiger partial charge in [0.1, 0.15) is 11.4 Å². The van der Waals surface area contributed by atoms with Crippen molar-refractivity contribution in [3.63, 3.8) is 0 Å². The Morgan fingerprint density at radius 3 is 2.69 bits per heavy atom. The summed E-state index contributed by atoms with van der Waals surface area (Å²) in [4.78, 5) is 34.2. The number of hydrogen-bond donors (Lipinski definition) is 0. The molecule has 2 aromatic rings. The van der Waals surface area contributed by atoms with Crippen molar-refractivity contribution < 1.29 is 14.0 Å². The summed E-state index contributed by atoms with van der Waals surface area (Å²) in [6.07, 6.45) is 4.33. The van der Waals surface area contributed by atoms with Crippen LogP contribution in [0.2, 0.25) is 0 Å². The third kappa shape index (κ3) is 3.35. The number of nitriles is 1. The zero-order valence-corrected chi connectivity index (χ0v) is 16.0. The van der Waals surface area contributed by atoms with E-state index in [2.05, 4.69) is 4.98 Å². The molecule has 2 aliphatic rings. The number of amides is 2. The van der Waals surface area contributed by atoms with Crippen molar-refractivity contribution in [2.24, 2.45) is 0 Å². The zero-order chi connectivity index (χ0) is 20.4. The van der Waals surface area contributed by atoms with Gasteiger partial charge in [0.15, 0.2) is 0 Å². The first-order valence-corrected chi connectivity index (χ1v) is 9.76. The summed E-state index contributed by atoms with van der Waals surface area (Å²) < 4.78 is 14.5. The minimum Gasteiger partial charge on any atom is -0.335 e. The monoisotopic (exact) mass is 392 g/mol. The van der Waals surface area contributed by atoms with E-state index in [1.165, 1.54) is 12.1 Å². The molecule has 0 N–H and O–H groups in total. The molecule has 7 heteroatoms. The summed E-state index contributed by atoms with van der Waals surface area (Å²) in [6, 6.07) is 11.3. The molecule has 2 fully saturated rings. The predicted molar refractivity (Wildman–Crippen MR) is 103 cm³/mol. The first kappa shape index (κ1) is 19.1. The molecule has 4 rings (SSSR count). The Hall–Kier alpha value is -3.27. The van der Waals surface area contributed by atoms with Gasteiger partial charge in [0, 0.05) is 19.3 Å². The summed E-state index contributed by atoms with van der Waals surface area (Å²) in [7, 11) is 0. The van der Waals surface area contributed by atoms with Crippen LogP contribution in [0.25, 0.3) is 0 Å². The van der Waals surface area contributed by atoms with Gasteiger partial charge in [-0.25, -0.2) is 4.39 Å². The molecule has 6 nitrogen and oxygen atoms in total. The Morgan fingerprint density at radius 1 is 1.21 bits per heavy atom. The van der Waals surface area contributed by atoms with Gasteiger partial charge in [-0.3, -0.25) is 14.6 Å². The molecule has 1 atom stereocenters. The molecule has 2 amide bonds. The van der Waals surface area contributed by atoms with Crippen LogP contribution >= 0.6 is 0 Å². The highest BCUT2D eigenvalue weighted by atomic mass is 19.1. The molecule has 0 radical (unpaired) electrons. The number of benzene rings is 1. The number of piperidine rings is 1. The lowest BCUT2D eigenvalue weighted by molar-refractivity contribution is -0.146. The fourth-order valence-corrected chi connectivity index (χ4v) is 4.46. The minimum absolute atomic E-state index is 0.0886. The number of hydrogen-bond acceptors (Lipinski definition) is 4. The van der Waals surface area contributed by atoms with E-state index in [0.29, 0.717) is 38.9 Å². The van der Waals surface area contributed by atoms with Crippen molar-refractivity contribution >= 4 is 11.8 Å². The number of carbonyl (C=O) groups excluding carboxylic acids is 2. The van der Waals surface area contributed by atoms with Crippen molar-refractivity contribution in [1.82, 2.24) is 14.8 Å². The Morgan fingerprint density at radius 2 is 2.00 bits per heavy atom. The second-order valence-corrected chi connectivity index (χ2v) is 7.55. The number of likely N-dealkylation sites (tertiary alicyclic amines) is 2. The van der Waals surface area contributed by atoms with Crippen LogP contribution in [0.3, 0.4) is 0 Å².